The second-order valence-electron chi connectivity index (χ2n) is 12.9. The average molecular weight is 493 g/mol. The van der Waals surface area contributed by atoms with Gasteiger partial charge in [0.05, 0.1) is 6.04 Å². The Morgan fingerprint density at radius 2 is 1.74 bits per heavy atom. The van der Waals surface area contributed by atoms with Gasteiger partial charge in [0.25, 0.3) is 0 Å². The number of azide groups is 1. The molecule has 4 aliphatic carbocycles. The van der Waals surface area contributed by atoms with Gasteiger partial charge in [0.2, 0.25) is 0 Å². The first-order chi connectivity index (χ1) is 14.7. The second kappa shape index (κ2) is 9.21. The quantitative estimate of drug-likeness (QED) is 0.154. The highest BCUT2D eigenvalue weighted by atomic mass is 79.9. The lowest BCUT2D eigenvalue weighted by Crippen LogP contribution is -2.55. The minimum atomic E-state index is 0.149. The molecule has 0 aromatic carbocycles. The molecule has 3 nitrogen and oxygen atoms in total. The summed E-state index contributed by atoms with van der Waals surface area (Å²) in [6.07, 6.45) is 15.2. The molecule has 0 N–H and O–H groups in total. The first-order valence-corrected chi connectivity index (χ1v) is 14.3. The molecular formula is C27H46BrN3. The van der Waals surface area contributed by atoms with E-state index in [-0.39, 0.29) is 6.04 Å². The Morgan fingerprint density at radius 1 is 1.00 bits per heavy atom. The summed E-state index contributed by atoms with van der Waals surface area (Å²) in [6, 6.07) is 0.149. The van der Waals surface area contributed by atoms with Gasteiger partial charge in [-0.3, -0.25) is 0 Å². The predicted octanol–water partition coefficient (Wildman–Crippen LogP) is 9.16. The van der Waals surface area contributed by atoms with Crippen molar-refractivity contribution in [3.63, 3.8) is 0 Å². The van der Waals surface area contributed by atoms with E-state index in [9.17, 15) is 0 Å². The van der Waals surface area contributed by atoms with Gasteiger partial charge in [-0.25, -0.2) is 0 Å². The smallest absolute Gasteiger partial charge is 0.0502 e. The maximum atomic E-state index is 9.00. The van der Waals surface area contributed by atoms with Crippen LogP contribution >= 0.6 is 15.9 Å². The van der Waals surface area contributed by atoms with E-state index < -0.39 is 0 Å². The van der Waals surface area contributed by atoms with Crippen LogP contribution in [-0.4, -0.2) is 10.9 Å². The van der Waals surface area contributed by atoms with E-state index in [2.05, 4.69) is 60.6 Å². The summed E-state index contributed by atoms with van der Waals surface area (Å²) in [5.41, 5.74) is 10.0. The van der Waals surface area contributed by atoms with Crippen molar-refractivity contribution in [3.8, 4) is 0 Å². The monoisotopic (exact) mass is 491 g/mol. The molecule has 0 saturated heterocycles. The summed E-state index contributed by atoms with van der Waals surface area (Å²) in [4.78, 5) is 3.51. The van der Waals surface area contributed by atoms with Crippen molar-refractivity contribution >= 4 is 15.9 Å². The van der Waals surface area contributed by atoms with Gasteiger partial charge in [-0.2, -0.15) is 0 Å². The zero-order valence-electron chi connectivity index (χ0n) is 20.7. The molecule has 4 saturated carbocycles. The number of hydrogen-bond acceptors (Lipinski definition) is 1. The molecule has 0 heterocycles. The Morgan fingerprint density at radius 3 is 2.45 bits per heavy atom. The highest BCUT2D eigenvalue weighted by Crippen LogP contribution is 2.68. The van der Waals surface area contributed by atoms with Crippen LogP contribution in [-0.2, 0) is 0 Å². The fourth-order valence-electron chi connectivity index (χ4n) is 9.45. The fourth-order valence-corrected chi connectivity index (χ4v) is 10.5. The second-order valence-corrected chi connectivity index (χ2v) is 14.1. The number of halogens is 1. The molecule has 176 valence electrons. The first-order valence-electron chi connectivity index (χ1n) is 13.4. The molecule has 4 fully saturated rings. The van der Waals surface area contributed by atoms with Crippen LogP contribution in [0.5, 0.6) is 0 Å². The van der Waals surface area contributed by atoms with Crippen LogP contribution in [0.2, 0.25) is 0 Å². The number of rotatable bonds is 6. The van der Waals surface area contributed by atoms with Crippen LogP contribution in [0.15, 0.2) is 5.11 Å². The van der Waals surface area contributed by atoms with Crippen LogP contribution in [0.3, 0.4) is 0 Å². The third kappa shape index (κ3) is 4.23. The highest BCUT2D eigenvalue weighted by Gasteiger charge is 2.61. The lowest BCUT2D eigenvalue weighted by Gasteiger charge is -2.62. The van der Waals surface area contributed by atoms with Gasteiger partial charge in [0, 0.05) is 9.74 Å². The summed E-state index contributed by atoms with van der Waals surface area (Å²) >= 11 is 3.93. The molecule has 0 aliphatic heterocycles. The summed E-state index contributed by atoms with van der Waals surface area (Å²) < 4.78 is 0. The van der Waals surface area contributed by atoms with Crippen molar-refractivity contribution in [1.82, 2.24) is 0 Å². The number of hydrogen-bond donors (Lipinski definition) is 0. The van der Waals surface area contributed by atoms with Crippen molar-refractivity contribution in [3.05, 3.63) is 10.4 Å². The van der Waals surface area contributed by atoms with Crippen LogP contribution < -0.4 is 0 Å². The molecule has 0 spiro atoms. The van der Waals surface area contributed by atoms with E-state index in [1.54, 1.807) is 0 Å². The van der Waals surface area contributed by atoms with E-state index in [1.165, 1.54) is 64.2 Å². The fraction of sp³-hybridized carbons (Fsp3) is 1.00. The molecule has 0 unspecified atom stereocenters. The van der Waals surface area contributed by atoms with Gasteiger partial charge in [0.1, 0.15) is 0 Å². The number of alkyl halides is 1. The van der Waals surface area contributed by atoms with E-state index in [1.807, 2.05) is 0 Å². The molecule has 0 amide bonds. The minimum Gasteiger partial charge on any atom is -0.0894 e. The maximum absolute atomic E-state index is 9.00. The van der Waals surface area contributed by atoms with E-state index in [0.717, 1.165) is 47.8 Å². The van der Waals surface area contributed by atoms with Gasteiger partial charge >= 0.3 is 0 Å². The van der Waals surface area contributed by atoms with Crippen molar-refractivity contribution < 1.29 is 0 Å². The van der Waals surface area contributed by atoms with Crippen molar-refractivity contribution in [2.75, 3.05) is 0 Å². The van der Waals surface area contributed by atoms with E-state index in [4.69, 9.17) is 5.53 Å². The normalized spacial score (nSPS) is 47.8. The zero-order valence-corrected chi connectivity index (χ0v) is 22.3. The molecular weight excluding hydrogens is 446 g/mol. The molecule has 0 bridgehead atoms. The molecule has 10 atom stereocenters. The molecule has 0 radical (unpaired) electrons. The Bertz CT molecular complexity index is 688. The molecule has 4 aliphatic rings. The standard InChI is InChI=1S/C27H46BrN3/c1-17(2)7-6-8-18(3)21-11-12-22-20-10-9-19-15-25(30-31-29)24(28)16-27(19,5)23(20)13-14-26(21,22)4/h17-25H,6-16H2,1-5H3/t18-,19+,20+,21-,22+,23+,24+,25+,26-,27+/m1/s1. The molecule has 0 aromatic heterocycles. The summed E-state index contributed by atoms with van der Waals surface area (Å²) in [5, 5.41) is 4.15. The Balaban J connectivity index is 1.48. The largest absolute Gasteiger partial charge is 0.0894 e. The Kier molecular flexibility index (Phi) is 7.11. The SMILES string of the molecule is CC(C)CCC[C@@H](C)[C@H]1CC[C@H]2[C@@H]3CC[C@H]4C[C@H](N=[N+]=[N-])[C@@H](Br)C[C@]4(C)[C@H]3CC[C@]12C. The van der Waals surface area contributed by atoms with Gasteiger partial charge in [-0.05, 0) is 109 Å². The molecule has 31 heavy (non-hydrogen) atoms. The maximum Gasteiger partial charge on any atom is 0.0502 e. The van der Waals surface area contributed by atoms with Crippen molar-refractivity contribution in [1.29, 1.82) is 0 Å². The van der Waals surface area contributed by atoms with Gasteiger partial charge in [0.15, 0.2) is 0 Å². The van der Waals surface area contributed by atoms with Crippen LogP contribution in [0, 0.1) is 52.3 Å². The third-order valence-corrected chi connectivity index (χ3v) is 12.0. The molecule has 0 aromatic rings. The predicted molar refractivity (Wildman–Crippen MR) is 134 cm³/mol. The van der Waals surface area contributed by atoms with Crippen LogP contribution in [0.4, 0.5) is 0 Å². The summed E-state index contributed by atoms with van der Waals surface area (Å²) in [7, 11) is 0. The number of fused-ring (bicyclic) bond motifs is 5. The van der Waals surface area contributed by atoms with Gasteiger partial charge in [-0.15, -0.1) is 0 Å². The first kappa shape index (κ1) is 23.9. The van der Waals surface area contributed by atoms with Gasteiger partial charge in [-0.1, -0.05) is 74.9 Å². The lowest BCUT2D eigenvalue weighted by atomic mass is 9.44. The van der Waals surface area contributed by atoms with Crippen LogP contribution in [0.1, 0.15) is 105 Å². The summed E-state index contributed by atoms with van der Waals surface area (Å²) in [6.45, 7) is 12.6. The van der Waals surface area contributed by atoms with Gasteiger partial charge < -0.3 is 0 Å². The summed E-state index contributed by atoms with van der Waals surface area (Å²) in [5.74, 6) is 6.19. The zero-order chi connectivity index (χ0) is 22.4. The number of nitrogens with zero attached hydrogens (tertiary/aromatic N) is 3. The van der Waals surface area contributed by atoms with Crippen molar-refractivity contribution in [2.45, 2.75) is 116 Å². The van der Waals surface area contributed by atoms with Crippen molar-refractivity contribution in [2.24, 2.45) is 57.4 Å². The minimum absolute atomic E-state index is 0.149. The van der Waals surface area contributed by atoms with E-state index in [0.29, 0.717) is 15.7 Å². The average Bonchev–Trinajstić information content (AvgIpc) is 3.06. The highest BCUT2D eigenvalue weighted by molar-refractivity contribution is 9.09. The Hall–Kier alpha value is -0.210. The third-order valence-electron chi connectivity index (χ3n) is 11.0. The Labute approximate surface area is 199 Å². The topological polar surface area (TPSA) is 48.8 Å². The molecule has 4 heteroatoms. The lowest BCUT2D eigenvalue weighted by molar-refractivity contribution is -0.115. The molecule has 4 rings (SSSR count). The van der Waals surface area contributed by atoms with E-state index >= 15 is 0 Å². The van der Waals surface area contributed by atoms with Crippen LogP contribution in [0.25, 0.3) is 10.4 Å².